The molecule has 1 heterocycles. The molecule has 1 saturated heterocycles. The van der Waals surface area contributed by atoms with Gasteiger partial charge in [-0.15, -0.1) is 23.5 Å². The Morgan fingerprint density at radius 3 is 1.92 bits per heavy atom. The fourth-order valence-electron chi connectivity index (χ4n) is 2.05. The van der Waals surface area contributed by atoms with Crippen LogP contribution in [0.15, 0.2) is 0 Å². The second kappa shape index (κ2) is 4.45. The monoisotopic (exact) mass is 220 g/mol. The van der Waals surface area contributed by atoms with E-state index in [4.69, 9.17) is 0 Å². The number of rotatable bonds is 4. The van der Waals surface area contributed by atoms with E-state index in [1.54, 1.807) is 0 Å². The van der Waals surface area contributed by atoms with Crippen molar-refractivity contribution in [2.45, 2.75) is 49.7 Å². The third kappa shape index (κ3) is 1.88. The van der Waals surface area contributed by atoms with Crippen LogP contribution in [0.3, 0.4) is 0 Å². The lowest BCUT2D eigenvalue weighted by atomic mass is 9.91. The largest absolute Gasteiger partial charge is 0.388 e. The smallest absolute Gasteiger partial charge is 0.0894 e. The summed E-state index contributed by atoms with van der Waals surface area (Å²) in [6, 6.07) is 0. The molecule has 1 aliphatic heterocycles. The Morgan fingerprint density at radius 2 is 1.62 bits per heavy atom. The zero-order valence-corrected chi connectivity index (χ0v) is 10.4. The average molecular weight is 220 g/mol. The van der Waals surface area contributed by atoms with E-state index in [0.29, 0.717) is 0 Å². The van der Waals surface area contributed by atoms with Crippen LogP contribution in [0.1, 0.15) is 40.0 Å². The van der Waals surface area contributed by atoms with Crippen LogP contribution in [-0.2, 0) is 0 Å². The van der Waals surface area contributed by atoms with Gasteiger partial charge in [-0.2, -0.15) is 0 Å². The summed E-state index contributed by atoms with van der Waals surface area (Å²) < 4.78 is 0.0799. The molecule has 1 N–H and O–H groups in total. The van der Waals surface area contributed by atoms with Gasteiger partial charge in [-0.25, -0.2) is 0 Å². The maximum atomic E-state index is 10.5. The molecule has 0 atom stereocenters. The van der Waals surface area contributed by atoms with Crippen LogP contribution in [0.2, 0.25) is 0 Å². The van der Waals surface area contributed by atoms with Gasteiger partial charge in [0, 0.05) is 11.5 Å². The number of aliphatic hydroxyl groups is 1. The zero-order valence-electron chi connectivity index (χ0n) is 8.80. The van der Waals surface area contributed by atoms with E-state index in [9.17, 15) is 5.11 Å². The Labute approximate surface area is 90.1 Å². The summed E-state index contributed by atoms with van der Waals surface area (Å²) in [5.74, 6) is 2.39. The Hall–Kier alpha value is 0.660. The first-order valence-electron chi connectivity index (χ1n) is 5.14. The lowest BCUT2D eigenvalue weighted by Crippen LogP contribution is -2.47. The van der Waals surface area contributed by atoms with E-state index >= 15 is 0 Å². The molecule has 1 nitrogen and oxygen atoms in total. The summed E-state index contributed by atoms with van der Waals surface area (Å²) in [7, 11) is 0. The molecule has 78 valence electrons. The van der Waals surface area contributed by atoms with Gasteiger partial charge in [-0.3, -0.25) is 0 Å². The lowest BCUT2D eigenvalue weighted by Gasteiger charge is -2.42. The van der Waals surface area contributed by atoms with Gasteiger partial charge in [0.25, 0.3) is 0 Å². The zero-order chi connectivity index (χ0) is 9.95. The molecule has 1 fully saturated rings. The summed E-state index contributed by atoms with van der Waals surface area (Å²) in [4.78, 5) is 0. The van der Waals surface area contributed by atoms with E-state index in [1.807, 2.05) is 23.5 Å². The second-order valence-corrected chi connectivity index (χ2v) is 6.59. The quantitative estimate of drug-likeness (QED) is 0.786. The standard InChI is InChI=1S/C10H20OS2/c1-4-9(11,5-2)10(6-3)12-7-8-13-10/h11H,4-8H2,1-3H3. The highest BCUT2D eigenvalue weighted by molar-refractivity contribution is 8.21. The number of thioether (sulfide) groups is 2. The molecular weight excluding hydrogens is 200 g/mol. The van der Waals surface area contributed by atoms with Crippen molar-refractivity contribution >= 4 is 23.5 Å². The molecule has 0 aromatic rings. The predicted molar refractivity (Wildman–Crippen MR) is 63.5 cm³/mol. The van der Waals surface area contributed by atoms with Crippen LogP contribution in [0.25, 0.3) is 0 Å². The molecule has 0 radical (unpaired) electrons. The SMILES string of the molecule is CCC(O)(CC)C1(CC)SCCS1. The van der Waals surface area contributed by atoms with Crippen molar-refractivity contribution in [3.05, 3.63) is 0 Å². The van der Waals surface area contributed by atoms with Crippen LogP contribution < -0.4 is 0 Å². The van der Waals surface area contributed by atoms with E-state index in [-0.39, 0.29) is 4.08 Å². The highest BCUT2D eigenvalue weighted by Gasteiger charge is 2.49. The highest BCUT2D eigenvalue weighted by Crippen LogP contribution is 2.55. The van der Waals surface area contributed by atoms with Crippen molar-refractivity contribution in [2.75, 3.05) is 11.5 Å². The van der Waals surface area contributed by atoms with Crippen LogP contribution in [0.4, 0.5) is 0 Å². The number of hydrogen-bond acceptors (Lipinski definition) is 3. The first-order valence-corrected chi connectivity index (χ1v) is 7.11. The fraction of sp³-hybridized carbons (Fsp3) is 1.00. The number of hydrogen-bond donors (Lipinski definition) is 1. The molecule has 1 aliphatic rings. The molecule has 3 heteroatoms. The van der Waals surface area contributed by atoms with Crippen LogP contribution >= 0.6 is 23.5 Å². The minimum atomic E-state index is -0.465. The summed E-state index contributed by atoms with van der Waals surface area (Å²) in [5, 5.41) is 10.5. The molecule has 0 bridgehead atoms. The van der Waals surface area contributed by atoms with Gasteiger partial charge < -0.3 is 5.11 Å². The predicted octanol–water partition coefficient (Wildman–Crippen LogP) is 3.12. The Kier molecular flexibility index (Phi) is 4.02. The molecule has 0 aliphatic carbocycles. The van der Waals surface area contributed by atoms with Gasteiger partial charge in [0.1, 0.15) is 0 Å². The van der Waals surface area contributed by atoms with Crippen LogP contribution in [0, 0.1) is 0 Å². The molecule has 0 spiro atoms. The minimum absolute atomic E-state index is 0.0799. The minimum Gasteiger partial charge on any atom is -0.388 e. The second-order valence-electron chi connectivity index (χ2n) is 3.54. The molecule has 0 amide bonds. The summed E-state index contributed by atoms with van der Waals surface area (Å²) in [5.41, 5.74) is -0.465. The fourth-order valence-corrected chi connectivity index (χ4v) is 5.73. The van der Waals surface area contributed by atoms with Crippen molar-refractivity contribution in [1.29, 1.82) is 0 Å². The van der Waals surface area contributed by atoms with E-state index < -0.39 is 5.60 Å². The lowest BCUT2D eigenvalue weighted by molar-refractivity contribution is 0.0195. The molecule has 0 saturated carbocycles. The van der Waals surface area contributed by atoms with Crippen molar-refractivity contribution in [3.8, 4) is 0 Å². The van der Waals surface area contributed by atoms with Gasteiger partial charge in [-0.05, 0) is 19.3 Å². The third-order valence-corrected chi connectivity index (χ3v) is 7.15. The summed E-state index contributed by atoms with van der Waals surface area (Å²) in [6.07, 6.45) is 2.81. The van der Waals surface area contributed by atoms with Crippen molar-refractivity contribution in [1.82, 2.24) is 0 Å². The van der Waals surface area contributed by atoms with E-state index in [1.165, 1.54) is 11.5 Å². The van der Waals surface area contributed by atoms with Crippen LogP contribution in [-0.4, -0.2) is 26.3 Å². The van der Waals surface area contributed by atoms with Gasteiger partial charge >= 0.3 is 0 Å². The maximum absolute atomic E-state index is 10.5. The topological polar surface area (TPSA) is 20.2 Å². The first-order chi connectivity index (χ1) is 6.14. The van der Waals surface area contributed by atoms with E-state index in [2.05, 4.69) is 20.8 Å². The Morgan fingerprint density at radius 1 is 1.15 bits per heavy atom. The first kappa shape index (κ1) is 11.7. The molecule has 0 aromatic carbocycles. The molecule has 0 aromatic heterocycles. The van der Waals surface area contributed by atoms with E-state index in [0.717, 1.165) is 19.3 Å². The molecule has 0 unspecified atom stereocenters. The highest BCUT2D eigenvalue weighted by atomic mass is 32.2. The summed E-state index contributed by atoms with van der Waals surface area (Å²) >= 11 is 3.92. The maximum Gasteiger partial charge on any atom is 0.0894 e. The third-order valence-electron chi connectivity index (χ3n) is 3.10. The van der Waals surface area contributed by atoms with Gasteiger partial charge in [0.2, 0.25) is 0 Å². The normalized spacial score (nSPS) is 22.2. The van der Waals surface area contributed by atoms with Gasteiger partial charge in [0.15, 0.2) is 0 Å². The van der Waals surface area contributed by atoms with Crippen molar-refractivity contribution < 1.29 is 5.11 Å². The molecule has 13 heavy (non-hydrogen) atoms. The van der Waals surface area contributed by atoms with Crippen molar-refractivity contribution in [3.63, 3.8) is 0 Å². The van der Waals surface area contributed by atoms with Gasteiger partial charge in [0.05, 0.1) is 9.68 Å². The van der Waals surface area contributed by atoms with Crippen LogP contribution in [0.5, 0.6) is 0 Å². The van der Waals surface area contributed by atoms with Crippen molar-refractivity contribution in [2.24, 2.45) is 0 Å². The Balaban J connectivity index is 2.84. The van der Waals surface area contributed by atoms with Gasteiger partial charge in [-0.1, -0.05) is 20.8 Å². The molecular formula is C10H20OS2. The summed E-state index contributed by atoms with van der Waals surface area (Å²) in [6.45, 7) is 6.39. The average Bonchev–Trinajstić information content (AvgIpc) is 2.66. The Bertz CT molecular complexity index is 160. The molecule has 1 rings (SSSR count).